The second kappa shape index (κ2) is 7.37. The molecule has 1 fully saturated rings. The maximum absolute atomic E-state index is 12.5. The highest BCUT2D eigenvalue weighted by atomic mass is 16.5. The van der Waals surface area contributed by atoms with Gasteiger partial charge in [-0.25, -0.2) is 0 Å². The third-order valence-electron chi connectivity index (χ3n) is 4.25. The number of piperazine rings is 1. The van der Waals surface area contributed by atoms with Gasteiger partial charge >= 0.3 is 0 Å². The molecule has 2 aromatic rings. The minimum absolute atomic E-state index is 0.00628. The normalized spacial score (nSPS) is 16.2. The molecule has 3 heterocycles. The minimum atomic E-state index is -0.192. The Kier molecular flexibility index (Phi) is 5.15. The molecule has 3 rings (SSSR count). The van der Waals surface area contributed by atoms with Gasteiger partial charge in [0.2, 0.25) is 11.8 Å². The van der Waals surface area contributed by atoms with Gasteiger partial charge in [0, 0.05) is 38.8 Å². The molecule has 2 aromatic heterocycles. The van der Waals surface area contributed by atoms with E-state index < -0.39 is 0 Å². The summed E-state index contributed by atoms with van der Waals surface area (Å²) in [4.78, 5) is 24.9. The van der Waals surface area contributed by atoms with Crippen LogP contribution >= 0.6 is 0 Å². The Bertz CT molecular complexity index is 832. The lowest BCUT2D eigenvalue weighted by Crippen LogP contribution is -2.55. The van der Waals surface area contributed by atoms with Crippen LogP contribution in [0.25, 0.3) is 0 Å². The molecule has 0 aliphatic carbocycles. The lowest BCUT2D eigenvalue weighted by Gasteiger charge is -2.35. The van der Waals surface area contributed by atoms with Gasteiger partial charge in [0.05, 0.1) is 18.4 Å². The second-order valence-electron chi connectivity index (χ2n) is 7.51. The number of nitrogens with zero attached hydrogens (tertiary/aromatic N) is 7. The molecular weight excluding hydrogens is 348 g/mol. The number of aliphatic imine (C=N–C) groups is 1. The highest BCUT2D eigenvalue weighted by Gasteiger charge is 2.28. The van der Waals surface area contributed by atoms with Crippen LogP contribution in [0.4, 0.5) is 5.69 Å². The average molecular weight is 374 g/mol. The fourth-order valence-corrected chi connectivity index (χ4v) is 2.80. The number of rotatable bonds is 3. The number of anilines is 1. The Morgan fingerprint density at radius 3 is 2.70 bits per heavy atom. The third-order valence-corrected chi connectivity index (χ3v) is 4.25. The van der Waals surface area contributed by atoms with E-state index >= 15 is 0 Å². The number of guanidine groups is 1. The molecule has 0 unspecified atom stereocenters. The predicted octanol–water partition coefficient (Wildman–Crippen LogP) is 0.525. The molecule has 0 bridgehead atoms. The number of hydrogen-bond donors (Lipinski definition) is 1. The van der Waals surface area contributed by atoms with E-state index in [1.165, 1.54) is 0 Å². The SMILES string of the molecule is CN=C(NCc1noc(C(C)(C)C)n1)N1CCN(c2cnn(C)c2)C(=O)C1. The van der Waals surface area contributed by atoms with Crippen LogP contribution in [0, 0.1) is 0 Å². The van der Waals surface area contributed by atoms with Crippen molar-refractivity contribution in [2.24, 2.45) is 12.0 Å². The Morgan fingerprint density at radius 1 is 1.37 bits per heavy atom. The number of carbonyl (C=O) groups excluding carboxylic acids is 1. The molecule has 1 aliphatic heterocycles. The Balaban J connectivity index is 1.59. The van der Waals surface area contributed by atoms with Crippen molar-refractivity contribution in [2.45, 2.75) is 32.7 Å². The molecule has 27 heavy (non-hydrogen) atoms. The summed E-state index contributed by atoms with van der Waals surface area (Å²) in [6.07, 6.45) is 3.54. The van der Waals surface area contributed by atoms with Gasteiger partial charge in [-0.3, -0.25) is 14.5 Å². The molecule has 0 aromatic carbocycles. The maximum Gasteiger partial charge on any atom is 0.246 e. The molecule has 1 amide bonds. The van der Waals surface area contributed by atoms with Crippen LogP contribution in [-0.2, 0) is 23.8 Å². The van der Waals surface area contributed by atoms with Gasteiger partial charge in [-0.05, 0) is 0 Å². The quantitative estimate of drug-likeness (QED) is 0.617. The molecule has 10 heteroatoms. The van der Waals surface area contributed by atoms with E-state index in [1.807, 2.05) is 38.9 Å². The average Bonchev–Trinajstić information content (AvgIpc) is 3.24. The summed E-state index contributed by atoms with van der Waals surface area (Å²) >= 11 is 0. The first-order chi connectivity index (χ1) is 12.8. The number of amides is 1. The van der Waals surface area contributed by atoms with Crippen molar-refractivity contribution in [1.29, 1.82) is 0 Å². The molecular formula is C17H26N8O2. The number of aryl methyl sites for hydroxylation is 1. The molecule has 0 radical (unpaired) electrons. The van der Waals surface area contributed by atoms with E-state index in [1.54, 1.807) is 22.8 Å². The van der Waals surface area contributed by atoms with Gasteiger partial charge in [-0.15, -0.1) is 0 Å². The van der Waals surface area contributed by atoms with Crippen molar-refractivity contribution < 1.29 is 9.32 Å². The monoisotopic (exact) mass is 374 g/mol. The summed E-state index contributed by atoms with van der Waals surface area (Å²) < 4.78 is 6.99. The van der Waals surface area contributed by atoms with Crippen LogP contribution in [0.1, 0.15) is 32.5 Å². The lowest BCUT2D eigenvalue weighted by molar-refractivity contribution is -0.120. The van der Waals surface area contributed by atoms with Gasteiger partial charge in [0.25, 0.3) is 0 Å². The Labute approximate surface area is 158 Å². The van der Waals surface area contributed by atoms with Gasteiger partial charge in [-0.2, -0.15) is 10.1 Å². The van der Waals surface area contributed by atoms with Crippen LogP contribution in [0.2, 0.25) is 0 Å². The zero-order valence-electron chi connectivity index (χ0n) is 16.4. The standard InChI is InChI=1S/C17H26N8O2/c1-17(2,3)15-21-13(22-27-15)9-19-16(18-4)24-6-7-25(14(26)11-24)12-8-20-23(5)10-12/h8,10H,6-7,9,11H2,1-5H3,(H,18,19). The predicted molar refractivity (Wildman–Crippen MR) is 100 cm³/mol. The minimum Gasteiger partial charge on any atom is -0.349 e. The van der Waals surface area contributed by atoms with Crippen LogP contribution in [0.3, 0.4) is 0 Å². The topological polar surface area (TPSA) is 105 Å². The highest BCUT2D eigenvalue weighted by molar-refractivity contribution is 5.98. The fraction of sp³-hybridized carbons (Fsp3) is 0.588. The van der Waals surface area contributed by atoms with E-state index in [0.717, 1.165) is 5.69 Å². The smallest absolute Gasteiger partial charge is 0.246 e. The number of carbonyl (C=O) groups is 1. The second-order valence-corrected chi connectivity index (χ2v) is 7.51. The van der Waals surface area contributed by atoms with E-state index in [2.05, 4.69) is 25.5 Å². The molecule has 1 saturated heterocycles. The molecule has 146 valence electrons. The van der Waals surface area contributed by atoms with Crippen molar-refractivity contribution in [1.82, 2.24) is 30.1 Å². The van der Waals surface area contributed by atoms with Crippen LogP contribution in [-0.4, -0.2) is 63.4 Å². The molecule has 10 nitrogen and oxygen atoms in total. The summed E-state index contributed by atoms with van der Waals surface area (Å²) in [7, 11) is 3.52. The van der Waals surface area contributed by atoms with Gasteiger partial charge in [-0.1, -0.05) is 25.9 Å². The molecule has 0 atom stereocenters. The summed E-state index contributed by atoms with van der Waals surface area (Å²) in [6, 6.07) is 0. The van der Waals surface area contributed by atoms with E-state index in [-0.39, 0.29) is 17.9 Å². The largest absolute Gasteiger partial charge is 0.349 e. The van der Waals surface area contributed by atoms with Crippen molar-refractivity contribution in [2.75, 3.05) is 31.6 Å². The van der Waals surface area contributed by atoms with Gasteiger partial charge in [0.1, 0.15) is 6.54 Å². The molecule has 1 N–H and O–H groups in total. The summed E-state index contributed by atoms with van der Waals surface area (Å²) in [6.45, 7) is 7.91. The van der Waals surface area contributed by atoms with Crippen LogP contribution < -0.4 is 10.2 Å². The lowest BCUT2D eigenvalue weighted by atomic mass is 9.97. The van der Waals surface area contributed by atoms with E-state index in [9.17, 15) is 4.79 Å². The van der Waals surface area contributed by atoms with Crippen molar-refractivity contribution in [3.63, 3.8) is 0 Å². The zero-order chi connectivity index (χ0) is 19.6. The summed E-state index contributed by atoms with van der Waals surface area (Å²) in [5.74, 6) is 1.79. The summed E-state index contributed by atoms with van der Waals surface area (Å²) in [5, 5.41) is 11.3. The molecule has 0 spiro atoms. The zero-order valence-corrected chi connectivity index (χ0v) is 16.4. The maximum atomic E-state index is 12.5. The number of nitrogens with one attached hydrogen (secondary N) is 1. The van der Waals surface area contributed by atoms with Crippen molar-refractivity contribution in [3.8, 4) is 0 Å². The van der Waals surface area contributed by atoms with Crippen molar-refractivity contribution >= 4 is 17.6 Å². The van der Waals surface area contributed by atoms with Crippen LogP contribution in [0.15, 0.2) is 21.9 Å². The van der Waals surface area contributed by atoms with Crippen LogP contribution in [0.5, 0.6) is 0 Å². The Hall–Kier alpha value is -2.91. The van der Waals surface area contributed by atoms with E-state index in [0.29, 0.717) is 37.3 Å². The van der Waals surface area contributed by atoms with Gasteiger partial charge in [0.15, 0.2) is 11.8 Å². The number of hydrogen-bond acceptors (Lipinski definition) is 6. The number of aromatic nitrogens is 4. The fourth-order valence-electron chi connectivity index (χ4n) is 2.80. The van der Waals surface area contributed by atoms with Gasteiger partial charge < -0.3 is 19.6 Å². The Morgan fingerprint density at radius 2 is 2.15 bits per heavy atom. The first kappa shape index (κ1) is 18.9. The molecule has 0 saturated carbocycles. The van der Waals surface area contributed by atoms with E-state index in [4.69, 9.17) is 4.52 Å². The third kappa shape index (κ3) is 4.26. The summed E-state index contributed by atoms with van der Waals surface area (Å²) in [5.41, 5.74) is 0.619. The highest BCUT2D eigenvalue weighted by Crippen LogP contribution is 2.19. The molecule has 1 aliphatic rings. The van der Waals surface area contributed by atoms with Crippen molar-refractivity contribution in [3.05, 3.63) is 24.1 Å². The first-order valence-electron chi connectivity index (χ1n) is 8.85. The first-order valence-corrected chi connectivity index (χ1v) is 8.85.